The first kappa shape index (κ1) is 16.9. The molecule has 0 fully saturated rings. The van der Waals surface area contributed by atoms with Gasteiger partial charge in [0.15, 0.2) is 0 Å². The first-order chi connectivity index (χ1) is 11.6. The number of hydrogen-bond donors (Lipinski definition) is 3. The number of nitrogens with one attached hydrogen (secondary N) is 3. The van der Waals surface area contributed by atoms with E-state index in [-0.39, 0.29) is 18.2 Å². The monoisotopic (exact) mass is 348 g/mol. The number of nitrogens with zero attached hydrogens (tertiary/aromatic N) is 1. The number of ether oxygens (including phenoxy) is 2. The molecule has 1 aromatic heterocycles. The molecule has 0 bridgehead atoms. The van der Waals surface area contributed by atoms with Crippen LogP contribution in [0.1, 0.15) is 20.8 Å². The number of hydrogen-bond acceptors (Lipinski definition) is 5. The summed E-state index contributed by atoms with van der Waals surface area (Å²) in [5, 5.41) is 2.53. The fourth-order valence-corrected chi connectivity index (χ4v) is 2.58. The summed E-state index contributed by atoms with van der Waals surface area (Å²) in [5.74, 6) is 0.0916. The lowest BCUT2D eigenvalue weighted by Gasteiger charge is -2.23. The fourth-order valence-electron chi connectivity index (χ4n) is 2.58. The summed E-state index contributed by atoms with van der Waals surface area (Å²) in [5.41, 5.74) is 0.627. The Labute approximate surface area is 143 Å². The van der Waals surface area contributed by atoms with Crippen LogP contribution in [-0.4, -0.2) is 47.3 Å². The van der Waals surface area contributed by atoms with E-state index in [0.717, 1.165) is 0 Å². The van der Waals surface area contributed by atoms with Crippen molar-refractivity contribution in [1.82, 2.24) is 15.3 Å². The molecule has 0 unspecified atom stereocenters. The number of alkyl carbamates (subject to hydrolysis) is 1. The van der Waals surface area contributed by atoms with Crippen molar-refractivity contribution in [2.75, 3.05) is 18.6 Å². The largest absolute Gasteiger partial charge is 0.489 e. The molecule has 9 heteroatoms. The predicted octanol–water partition coefficient (Wildman–Crippen LogP) is 1.10. The van der Waals surface area contributed by atoms with E-state index < -0.39 is 17.7 Å². The zero-order valence-corrected chi connectivity index (χ0v) is 14.4. The van der Waals surface area contributed by atoms with Crippen molar-refractivity contribution in [3.63, 3.8) is 0 Å². The van der Waals surface area contributed by atoms with Gasteiger partial charge in [0, 0.05) is 13.1 Å². The highest BCUT2D eigenvalue weighted by Crippen LogP contribution is 2.33. The highest BCUT2D eigenvalue weighted by molar-refractivity contribution is 6.01. The number of carbonyl (C=O) groups excluding carboxylic acids is 2. The lowest BCUT2D eigenvalue weighted by molar-refractivity contribution is -0.120. The third kappa shape index (κ3) is 3.44. The van der Waals surface area contributed by atoms with Gasteiger partial charge >= 0.3 is 11.8 Å². The van der Waals surface area contributed by atoms with E-state index in [9.17, 15) is 14.4 Å². The van der Waals surface area contributed by atoms with Crippen molar-refractivity contribution >= 4 is 28.7 Å². The molecule has 134 valence electrons. The van der Waals surface area contributed by atoms with E-state index in [0.29, 0.717) is 22.5 Å². The van der Waals surface area contributed by atoms with Crippen LogP contribution in [0.25, 0.3) is 11.0 Å². The molecule has 0 spiro atoms. The first-order valence-electron chi connectivity index (χ1n) is 7.80. The van der Waals surface area contributed by atoms with Crippen LogP contribution in [0.15, 0.2) is 16.9 Å². The number of aromatic amines is 2. The van der Waals surface area contributed by atoms with Gasteiger partial charge in [-0.05, 0) is 26.8 Å². The van der Waals surface area contributed by atoms with E-state index in [1.807, 2.05) is 0 Å². The molecule has 25 heavy (non-hydrogen) atoms. The molecule has 2 amide bonds. The summed E-state index contributed by atoms with van der Waals surface area (Å²) in [7, 11) is 1.58. The van der Waals surface area contributed by atoms with Crippen molar-refractivity contribution in [1.29, 1.82) is 0 Å². The van der Waals surface area contributed by atoms with Crippen LogP contribution < -0.4 is 20.6 Å². The molecule has 1 aliphatic rings. The highest BCUT2D eigenvalue weighted by atomic mass is 16.6. The van der Waals surface area contributed by atoms with Crippen LogP contribution in [-0.2, 0) is 9.53 Å². The number of rotatable bonds is 1. The van der Waals surface area contributed by atoms with E-state index in [1.54, 1.807) is 40.0 Å². The average Bonchev–Trinajstić information content (AvgIpc) is 2.81. The Hall–Kier alpha value is -2.97. The molecular weight excluding hydrogens is 328 g/mol. The molecule has 0 saturated carbocycles. The third-order valence-corrected chi connectivity index (χ3v) is 3.68. The number of benzene rings is 1. The van der Waals surface area contributed by atoms with Crippen molar-refractivity contribution in [2.24, 2.45) is 0 Å². The number of imidazole rings is 1. The van der Waals surface area contributed by atoms with E-state index in [2.05, 4.69) is 15.3 Å². The normalized spacial score (nSPS) is 17.7. The van der Waals surface area contributed by atoms with Gasteiger partial charge in [-0.3, -0.25) is 4.79 Å². The summed E-state index contributed by atoms with van der Waals surface area (Å²) in [6.45, 7) is 5.17. The van der Waals surface area contributed by atoms with Crippen LogP contribution >= 0.6 is 0 Å². The van der Waals surface area contributed by atoms with Gasteiger partial charge in [-0.15, -0.1) is 0 Å². The fraction of sp³-hybridized carbons (Fsp3) is 0.438. The number of fused-ring (bicyclic) bond motifs is 2. The molecule has 9 nitrogen and oxygen atoms in total. The number of carbonyl (C=O) groups is 2. The molecule has 2 heterocycles. The Morgan fingerprint density at radius 1 is 1.28 bits per heavy atom. The molecule has 0 radical (unpaired) electrons. The molecule has 1 atom stereocenters. The van der Waals surface area contributed by atoms with Crippen LogP contribution in [0.3, 0.4) is 0 Å². The molecule has 0 saturated heterocycles. The van der Waals surface area contributed by atoms with Crippen molar-refractivity contribution in [2.45, 2.75) is 32.4 Å². The van der Waals surface area contributed by atoms with Crippen molar-refractivity contribution in [3.8, 4) is 5.75 Å². The summed E-state index contributed by atoms with van der Waals surface area (Å²) >= 11 is 0. The second-order valence-corrected chi connectivity index (χ2v) is 6.85. The Bertz CT molecular complexity index is 892. The Balaban J connectivity index is 1.85. The van der Waals surface area contributed by atoms with Crippen LogP contribution in [0.4, 0.5) is 10.5 Å². The summed E-state index contributed by atoms with van der Waals surface area (Å²) < 4.78 is 10.9. The third-order valence-electron chi connectivity index (χ3n) is 3.68. The Morgan fingerprint density at radius 3 is 2.56 bits per heavy atom. The van der Waals surface area contributed by atoms with Gasteiger partial charge < -0.3 is 29.7 Å². The number of amides is 2. The first-order valence-corrected chi connectivity index (χ1v) is 7.80. The minimum absolute atomic E-state index is 0.0461. The van der Waals surface area contributed by atoms with Crippen molar-refractivity contribution in [3.05, 3.63) is 22.6 Å². The van der Waals surface area contributed by atoms with Crippen LogP contribution in [0.2, 0.25) is 0 Å². The zero-order chi connectivity index (χ0) is 18.4. The number of aromatic nitrogens is 2. The molecule has 1 aliphatic heterocycles. The van der Waals surface area contributed by atoms with Crippen molar-refractivity contribution < 1.29 is 19.1 Å². The topological polar surface area (TPSA) is 117 Å². The summed E-state index contributed by atoms with van der Waals surface area (Å²) in [6.07, 6.45) is -0.690. The predicted molar refractivity (Wildman–Crippen MR) is 91.0 cm³/mol. The van der Waals surface area contributed by atoms with Gasteiger partial charge in [0.25, 0.3) is 5.91 Å². The van der Waals surface area contributed by atoms with E-state index in [1.165, 1.54) is 4.90 Å². The van der Waals surface area contributed by atoms with Gasteiger partial charge in [-0.1, -0.05) is 0 Å². The van der Waals surface area contributed by atoms with Crippen LogP contribution in [0.5, 0.6) is 5.75 Å². The minimum Gasteiger partial charge on any atom is -0.489 e. The molecule has 2 aromatic rings. The highest BCUT2D eigenvalue weighted by Gasteiger charge is 2.32. The van der Waals surface area contributed by atoms with Gasteiger partial charge in [-0.2, -0.15) is 0 Å². The summed E-state index contributed by atoms with van der Waals surface area (Å²) in [6, 6.07) is 2.41. The molecule has 3 N–H and O–H groups in total. The van der Waals surface area contributed by atoms with Gasteiger partial charge in [0.05, 0.1) is 16.7 Å². The smallest absolute Gasteiger partial charge is 0.408 e. The zero-order valence-electron chi connectivity index (χ0n) is 14.4. The maximum Gasteiger partial charge on any atom is 0.408 e. The Kier molecular flexibility index (Phi) is 3.94. The molecule has 3 rings (SSSR count). The molecule has 1 aromatic carbocycles. The quantitative estimate of drug-likeness (QED) is 0.714. The van der Waals surface area contributed by atoms with Gasteiger partial charge in [0.2, 0.25) is 0 Å². The standard InChI is InChI=1S/C16H20N4O5/c1-16(2,3)25-15(23)19-10-7-24-12-6-9-8(17-14(22)18-9)5-11(12)20(4)13(10)21/h5-6,10H,7H2,1-4H3,(H,19,23)(H2,17,18,22)/t10-/m0/s1. The molecular formula is C16H20N4O5. The number of H-pyrrole nitrogens is 2. The average molecular weight is 348 g/mol. The second-order valence-electron chi connectivity index (χ2n) is 6.85. The van der Waals surface area contributed by atoms with Crippen LogP contribution in [0, 0.1) is 0 Å². The van der Waals surface area contributed by atoms with E-state index in [4.69, 9.17) is 9.47 Å². The second kappa shape index (κ2) is 5.83. The number of likely N-dealkylation sites (N-methyl/N-ethyl adjacent to an activating group) is 1. The Morgan fingerprint density at radius 2 is 1.92 bits per heavy atom. The lowest BCUT2D eigenvalue weighted by Crippen LogP contribution is -2.50. The maximum absolute atomic E-state index is 12.6. The van der Waals surface area contributed by atoms with Gasteiger partial charge in [-0.25, -0.2) is 9.59 Å². The number of anilines is 1. The molecule has 0 aliphatic carbocycles. The minimum atomic E-state index is -0.885. The van der Waals surface area contributed by atoms with Gasteiger partial charge in [0.1, 0.15) is 24.0 Å². The summed E-state index contributed by atoms with van der Waals surface area (Å²) in [4.78, 5) is 42.7. The van der Waals surface area contributed by atoms with E-state index >= 15 is 0 Å². The SMILES string of the molecule is CN1C(=O)[C@@H](NC(=O)OC(C)(C)C)COc2cc3[nH]c(=O)[nH]c3cc21. The maximum atomic E-state index is 12.6. The lowest BCUT2D eigenvalue weighted by atomic mass is 10.2.